The maximum Gasteiger partial charge on any atom is 0.0430 e. The molecule has 0 N–H and O–H groups in total. The van der Waals surface area contributed by atoms with Crippen molar-refractivity contribution < 1.29 is 0 Å². The minimum absolute atomic E-state index is 1.13. The topological polar surface area (TPSA) is 0 Å². The van der Waals surface area contributed by atoms with E-state index in [0.717, 1.165) is 6.42 Å². The van der Waals surface area contributed by atoms with Crippen LogP contribution in [0.1, 0.15) is 16.7 Å². The first kappa shape index (κ1) is 12.5. The quantitative estimate of drug-likeness (QED) is 0.301. The minimum atomic E-state index is 1.13. The van der Waals surface area contributed by atoms with Crippen molar-refractivity contribution in [2.45, 2.75) is 20.3 Å². The highest BCUT2D eigenvalue weighted by molar-refractivity contribution is 7.17. The van der Waals surface area contributed by atoms with E-state index < -0.39 is 0 Å². The van der Waals surface area contributed by atoms with Gasteiger partial charge in [0.15, 0.2) is 0 Å². The molecule has 0 saturated heterocycles. The minimum Gasteiger partial charge on any atom is -0.140 e. The van der Waals surface area contributed by atoms with Crippen LogP contribution >= 0.6 is 22.7 Å². The van der Waals surface area contributed by atoms with E-state index in [1.54, 1.807) is 0 Å². The summed E-state index contributed by atoms with van der Waals surface area (Å²) >= 11 is 3.91. The Kier molecular flexibility index (Phi) is 2.15. The molecule has 0 bridgehead atoms. The summed E-state index contributed by atoms with van der Waals surface area (Å²) in [6.07, 6.45) is 1.13. The van der Waals surface area contributed by atoms with E-state index in [4.69, 9.17) is 0 Å². The molecule has 0 saturated carbocycles. The first-order valence-corrected chi connectivity index (χ1v) is 9.74. The molecule has 110 valence electrons. The molecule has 2 heteroatoms. The second kappa shape index (κ2) is 3.95. The molecule has 0 nitrogen and oxygen atoms in total. The fourth-order valence-electron chi connectivity index (χ4n) is 4.25. The van der Waals surface area contributed by atoms with Crippen molar-refractivity contribution in [3.8, 4) is 43.1 Å². The third kappa shape index (κ3) is 1.34. The second-order valence-electron chi connectivity index (χ2n) is 6.48. The van der Waals surface area contributed by atoms with Crippen molar-refractivity contribution in [2.24, 2.45) is 0 Å². The van der Waals surface area contributed by atoms with Crippen molar-refractivity contribution >= 4 is 33.4 Å². The fourth-order valence-corrected chi connectivity index (χ4v) is 6.45. The van der Waals surface area contributed by atoms with E-state index in [-0.39, 0.29) is 0 Å². The number of hydrogen-bond donors (Lipinski definition) is 0. The van der Waals surface area contributed by atoms with Crippen molar-refractivity contribution in [1.29, 1.82) is 0 Å². The van der Waals surface area contributed by atoms with E-state index in [9.17, 15) is 0 Å². The lowest BCUT2D eigenvalue weighted by molar-refractivity contribution is 1.19. The smallest absolute Gasteiger partial charge is 0.0430 e. The summed E-state index contributed by atoms with van der Waals surface area (Å²) in [6, 6.07) is 14.2. The SMILES string of the molecule is CCc1cc2c(s1)-c1ccc3c4c(ccc-2c14)-c1cc(C)sc1-3. The second-order valence-corrected chi connectivity index (χ2v) is 8.87. The van der Waals surface area contributed by atoms with Crippen LogP contribution in [0.2, 0.25) is 0 Å². The van der Waals surface area contributed by atoms with Gasteiger partial charge in [-0.25, -0.2) is 0 Å². The summed E-state index contributed by atoms with van der Waals surface area (Å²) in [5.74, 6) is 0. The molecule has 0 fully saturated rings. The molecule has 2 aliphatic rings. The summed E-state index contributed by atoms with van der Waals surface area (Å²) in [7, 11) is 0. The van der Waals surface area contributed by atoms with Gasteiger partial charge in [0, 0.05) is 41.8 Å². The van der Waals surface area contributed by atoms with Crippen molar-refractivity contribution in [1.82, 2.24) is 0 Å². The van der Waals surface area contributed by atoms with Gasteiger partial charge in [-0.15, -0.1) is 22.7 Å². The molecule has 6 rings (SSSR count). The monoisotopic (exact) mass is 330 g/mol. The first-order valence-electron chi connectivity index (χ1n) is 8.10. The van der Waals surface area contributed by atoms with Crippen LogP contribution in [0.4, 0.5) is 0 Å². The van der Waals surface area contributed by atoms with E-state index in [1.807, 2.05) is 22.7 Å². The summed E-state index contributed by atoms with van der Waals surface area (Å²) in [4.78, 5) is 5.84. The van der Waals surface area contributed by atoms with Crippen LogP contribution in [-0.4, -0.2) is 0 Å². The van der Waals surface area contributed by atoms with Gasteiger partial charge in [-0.3, -0.25) is 0 Å². The van der Waals surface area contributed by atoms with Crippen molar-refractivity contribution in [3.63, 3.8) is 0 Å². The van der Waals surface area contributed by atoms with Crippen LogP contribution in [-0.2, 0) is 6.42 Å². The molecule has 0 amide bonds. The first-order chi connectivity index (χ1) is 11.3. The summed E-state index contributed by atoms with van der Waals surface area (Å²) in [5.41, 5.74) is 8.67. The summed E-state index contributed by atoms with van der Waals surface area (Å²) in [5, 5.41) is 2.98. The van der Waals surface area contributed by atoms with Gasteiger partial charge in [-0.1, -0.05) is 31.2 Å². The highest BCUT2D eigenvalue weighted by atomic mass is 32.1. The largest absolute Gasteiger partial charge is 0.140 e. The van der Waals surface area contributed by atoms with Crippen LogP contribution in [0, 0.1) is 6.92 Å². The predicted octanol–water partition coefficient (Wildman–Crippen LogP) is 7.13. The Morgan fingerprint density at radius 1 is 0.696 bits per heavy atom. The average Bonchev–Trinajstić information content (AvgIpc) is 3.26. The number of fused-ring (bicyclic) bond motifs is 6. The maximum absolute atomic E-state index is 2.41. The Morgan fingerprint density at radius 2 is 1.26 bits per heavy atom. The van der Waals surface area contributed by atoms with E-state index in [1.165, 1.54) is 63.7 Å². The molecule has 23 heavy (non-hydrogen) atoms. The van der Waals surface area contributed by atoms with Crippen LogP contribution < -0.4 is 0 Å². The van der Waals surface area contributed by atoms with E-state index in [2.05, 4.69) is 50.2 Å². The molecule has 0 radical (unpaired) electrons. The molecule has 2 aromatic heterocycles. The van der Waals surface area contributed by atoms with Gasteiger partial charge in [0.05, 0.1) is 0 Å². The van der Waals surface area contributed by atoms with Gasteiger partial charge >= 0.3 is 0 Å². The highest BCUT2D eigenvalue weighted by Gasteiger charge is 2.31. The van der Waals surface area contributed by atoms with E-state index in [0.29, 0.717) is 0 Å². The van der Waals surface area contributed by atoms with Crippen LogP contribution in [0.15, 0.2) is 36.4 Å². The third-order valence-electron chi connectivity index (χ3n) is 5.22. The molecular formula is C21H14S2. The number of aryl methyl sites for hydroxylation is 2. The molecule has 0 aliphatic heterocycles. The molecule has 2 aromatic carbocycles. The maximum atomic E-state index is 2.41. The van der Waals surface area contributed by atoms with Crippen molar-refractivity contribution in [3.05, 3.63) is 46.2 Å². The fraction of sp³-hybridized carbons (Fsp3) is 0.143. The Bertz CT molecular complexity index is 1070. The molecular weight excluding hydrogens is 316 g/mol. The third-order valence-corrected chi connectivity index (χ3v) is 7.61. The lowest BCUT2D eigenvalue weighted by Gasteiger charge is -2.06. The van der Waals surface area contributed by atoms with Gasteiger partial charge < -0.3 is 0 Å². The van der Waals surface area contributed by atoms with Gasteiger partial charge in [-0.05, 0) is 47.4 Å². The van der Waals surface area contributed by atoms with Crippen LogP contribution in [0.25, 0.3) is 53.9 Å². The summed E-state index contributed by atoms with van der Waals surface area (Å²) in [6.45, 7) is 4.46. The molecule has 2 aliphatic carbocycles. The van der Waals surface area contributed by atoms with E-state index >= 15 is 0 Å². The molecule has 4 aromatic rings. The Labute approximate surface area is 143 Å². The normalized spacial score (nSPS) is 13.0. The zero-order valence-electron chi connectivity index (χ0n) is 13.0. The van der Waals surface area contributed by atoms with Crippen LogP contribution in [0.3, 0.4) is 0 Å². The Morgan fingerprint density at radius 3 is 1.91 bits per heavy atom. The van der Waals surface area contributed by atoms with Gasteiger partial charge in [0.2, 0.25) is 0 Å². The lowest BCUT2D eigenvalue weighted by atomic mass is 9.97. The number of thiophene rings is 2. The molecule has 0 atom stereocenters. The number of benzene rings is 2. The molecule has 2 heterocycles. The summed E-state index contributed by atoms with van der Waals surface area (Å²) < 4.78 is 0. The van der Waals surface area contributed by atoms with Gasteiger partial charge in [0.25, 0.3) is 0 Å². The zero-order valence-corrected chi connectivity index (χ0v) is 14.6. The Hall–Kier alpha value is -1.90. The Balaban J connectivity index is 1.78. The van der Waals surface area contributed by atoms with Gasteiger partial charge in [0.1, 0.15) is 0 Å². The number of rotatable bonds is 1. The predicted molar refractivity (Wildman–Crippen MR) is 103 cm³/mol. The molecule has 0 unspecified atom stereocenters. The highest BCUT2D eigenvalue weighted by Crippen LogP contribution is 2.59. The van der Waals surface area contributed by atoms with Crippen molar-refractivity contribution in [2.75, 3.05) is 0 Å². The zero-order chi connectivity index (χ0) is 15.3. The average molecular weight is 330 g/mol. The van der Waals surface area contributed by atoms with Crippen LogP contribution in [0.5, 0.6) is 0 Å². The molecule has 0 spiro atoms. The number of hydrogen-bond acceptors (Lipinski definition) is 2. The van der Waals surface area contributed by atoms with Gasteiger partial charge in [-0.2, -0.15) is 0 Å². The standard InChI is InChI=1S/C21H14S2/c1-3-11-9-17-13-5-4-12-16-8-10(2)22-20(16)14-6-7-15(21(17)23-11)19(13)18(12)14/h4-9H,3H2,1-2H3. The lowest BCUT2D eigenvalue weighted by Crippen LogP contribution is -1.80.